The number of rotatable bonds is 10. The van der Waals surface area contributed by atoms with Crippen molar-refractivity contribution in [1.82, 2.24) is 25.1 Å². The average Bonchev–Trinajstić information content (AvgIpc) is 3.87. The molecule has 0 unspecified atom stereocenters. The molecule has 4 heterocycles. The SMILES string of the molecule is COc1ccc(C2CCC(CN(C(=O)C3CCC(OC(=O)NC4CCOCC4)CC3)c3cc(-c4cnn(C5CC5)c4)ccn3)CC2)nc1C. The van der Waals surface area contributed by atoms with Crippen molar-refractivity contribution in [2.75, 3.05) is 31.8 Å². The largest absolute Gasteiger partial charge is 0.495 e. The summed E-state index contributed by atoms with van der Waals surface area (Å²) in [4.78, 5) is 38.6. The zero-order chi connectivity index (χ0) is 33.7. The predicted octanol–water partition coefficient (Wildman–Crippen LogP) is 6.76. The van der Waals surface area contributed by atoms with Crippen molar-refractivity contribution in [1.29, 1.82) is 0 Å². The Bertz CT molecular complexity index is 1580. The normalized spacial score (nSPS) is 24.6. The Morgan fingerprint density at radius 2 is 1.73 bits per heavy atom. The van der Waals surface area contributed by atoms with E-state index in [1.165, 1.54) is 12.8 Å². The summed E-state index contributed by atoms with van der Waals surface area (Å²) in [6.45, 7) is 3.97. The van der Waals surface area contributed by atoms with Crippen molar-refractivity contribution < 1.29 is 23.8 Å². The summed E-state index contributed by atoms with van der Waals surface area (Å²) in [6.07, 6.45) is 16.1. The third-order valence-corrected chi connectivity index (χ3v) is 11.0. The van der Waals surface area contributed by atoms with Crippen LogP contribution in [0.4, 0.5) is 10.6 Å². The molecular formula is C38H50N6O5. The second kappa shape index (κ2) is 15.3. The van der Waals surface area contributed by atoms with Gasteiger partial charge in [-0.15, -0.1) is 0 Å². The fraction of sp³-hybridized carbons (Fsp3) is 0.605. The Morgan fingerprint density at radius 3 is 2.45 bits per heavy atom. The zero-order valence-electron chi connectivity index (χ0n) is 28.9. The van der Waals surface area contributed by atoms with Crippen molar-refractivity contribution in [3.63, 3.8) is 0 Å². The van der Waals surface area contributed by atoms with Crippen LogP contribution >= 0.6 is 0 Å². The highest BCUT2D eigenvalue weighted by Gasteiger charge is 2.35. The molecule has 49 heavy (non-hydrogen) atoms. The number of carbonyl (C=O) groups is 2. The number of ether oxygens (including phenoxy) is 3. The highest BCUT2D eigenvalue weighted by atomic mass is 16.6. The number of alkyl carbamates (subject to hydrolysis) is 1. The molecule has 262 valence electrons. The van der Waals surface area contributed by atoms with Gasteiger partial charge in [-0.3, -0.25) is 19.4 Å². The molecule has 0 spiro atoms. The van der Waals surface area contributed by atoms with Crippen molar-refractivity contribution >= 4 is 17.8 Å². The lowest BCUT2D eigenvalue weighted by atomic mass is 9.79. The fourth-order valence-corrected chi connectivity index (χ4v) is 7.82. The fourth-order valence-electron chi connectivity index (χ4n) is 7.82. The van der Waals surface area contributed by atoms with Crippen LogP contribution < -0.4 is 15.0 Å². The first-order valence-electron chi connectivity index (χ1n) is 18.3. The number of carbonyl (C=O) groups excluding carboxylic acids is 2. The van der Waals surface area contributed by atoms with E-state index in [-0.39, 0.29) is 30.1 Å². The molecule has 1 aliphatic heterocycles. The van der Waals surface area contributed by atoms with E-state index in [0.29, 0.717) is 69.1 Å². The molecule has 1 N–H and O–H groups in total. The van der Waals surface area contributed by atoms with Gasteiger partial charge in [0.05, 0.1) is 25.0 Å². The molecule has 7 rings (SSSR count). The van der Waals surface area contributed by atoms with Gasteiger partial charge >= 0.3 is 6.09 Å². The van der Waals surface area contributed by atoms with Gasteiger partial charge in [0, 0.05) is 61.3 Å². The summed E-state index contributed by atoms with van der Waals surface area (Å²) in [6, 6.07) is 8.79. The Morgan fingerprint density at radius 1 is 0.959 bits per heavy atom. The van der Waals surface area contributed by atoms with Crippen LogP contribution in [0, 0.1) is 18.8 Å². The van der Waals surface area contributed by atoms with Gasteiger partial charge in [0.1, 0.15) is 17.7 Å². The van der Waals surface area contributed by atoms with Crippen molar-refractivity contribution in [3.8, 4) is 16.9 Å². The number of nitrogens with one attached hydrogen (secondary N) is 1. The zero-order valence-corrected chi connectivity index (χ0v) is 28.9. The maximum atomic E-state index is 14.4. The van der Waals surface area contributed by atoms with Crippen LogP contribution in [0.15, 0.2) is 42.9 Å². The molecule has 11 nitrogen and oxygen atoms in total. The second-order valence-electron chi connectivity index (χ2n) is 14.4. The number of anilines is 1. The molecule has 11 heteroatoms. The molecule has 2 amide bonds. The topological polar surface area (TPSA) is 121 Å². The van der Waals surface area contributed by atoms with Crippen molar-refractivity contribution in [3.05, 3.63) is 54.2 Å². The summed E-state index contributed by atoms with van der Waals surface area (Å²) >= 11 is 0. The van der Waals surface area contributed by atoms with E-state index in [0.717, 1.165) is 66.8 Å². The van der Waals surface area contributed by atoms with E-state index >= 15 is 0 Å². The van der Waals surface area contributed by atoms with Crippen LogP contribution in [0.1, 0.15) is 100 Å². The highest BCUT2D eigenvalue weighted by Crippen LogP contribution is 2.39. The Hall–Kier alpha value is -3.99. The lowest BCUT2D eigenvalue weighted by Crippen LogP contribution is -2.43. The smallest absolute Gasteiger partial charge is 0.407 e. The van der Waals surface area contributed by atoms with Gasteiger partial charge in [0.2, 0.25) is 5.91 Å². The third kappa shape index (κ3) is 8.25. The molecule has 1 saturated heterocycles. The first-order chi connectivity index (χ1) is 23.9. The van der Waals surface area contributed by atoms with Crippen LogP contribution in [-0.4, -0.2) is 70.8 Å². The molecule has 0 bridgehead atoms. The number of hydrogen-bond donors (Lipinski definition) is 1. The second-order valence-corrected chi connectivity index (χ2v) is 14.4. The monoisotopic (exact) mass is 670 g/mol. The molecular weight excluding hydrogens is 620 g/mol. The van der Waals surface area contributed by atoms with E-state index in [1.54, 1.807) is 7.11 Å². The maximum Gasteiger partial charge on any atom is 0.407 e. The van der Waals surface area contributed by atoms with Crippen LogP contribution in [0.25, 0.3) is 11.1 Å². The van der Waals surface area contributed by atoms with E-state index < -0.39 is 0 Å². The van der Waals surface area contributed by atoms with Gasteiger partial charge in [-0.25, -0.2) is 9.78 Å². The van der Waals surface area contributed by atoms with Gasteiger partial charge in [0.15, 0.2) is 0 Å². The van der Waals surface area contributed by atoms with Crippen LogP contribution in [0.3, 0.4) is 0 Å². The Kier molecular flexibility index (Phi) is 10.4. The van der Waals surface area contributed by atoms with E-state index in [9.17, 15) is 9.59 Å². The van der Waals surface area contributed by atoms with Crippen LogP contribution in [-0.2, 0) is 14.3 Å². The van der Waals surface area contributed by atoms with E-state index in [2.05, 4.69) is 33.4 Å². The summed E-state index contributed by atoms with van der Waals surface area (Å²) in [5, 5.41) is 7.59. The van der Waals surface area contributed by atoms with E-state index in [1.807, 2.05) is 36.4 Å². The molecule has 4 aliphatic rings. The minimum atomic E-state index is -0.357. The number of aromatic nitrogens is 4. The first kappa shape index (κ1) is 33.5. The average molecular weight is 671 g/mol. The number of methoxy groups -OCH3 is 1. The van der Waals surface area contributed by atoms with Gasteiger partial charge in [-0.05, 0) is 120 Å². The molecule has 0 aromatic carbocycles. The quantitative estimate of drug-likeness (QED) is 0.251. The molecule has 0 radical (unpaired) electrons. The maximum absolute atomic E-state index is 14.4. The van der Waals surface area contributed by atoms with Crippen LogP contribution in [0.5, 0.6) is 5.75 Å². The minimum absolute atomic E-state index is 0.102. The molecule has 3 aromatic rings. The Labute approximate surface area is 289 Å². The lowest BCUT2D eigenvalue weighted by molar-refractivity contribution is -0.124. The molecule has 3 saturated carbocycles. The standard InChI is InChI=1S/C38H50N6O5/c1-25-35(47-2)14-13-34(41-25)27-5-3-26(4-6-27)23-43(36-21-29(15-18-39-36)30-22-40-44(24-30)32-9-10-32)37(45)28-7-11-33(12-8-28)49-38(46)42-31-16-19-48-20-17-31/h13-15,18,21-22,24,26-28,31-33H,3-12,16-17,19-20,23H2,1-2H3,(H,42,46). The number of amides is 2. The van der Waals surface area contributed by atoms with Gasteiger partial charge < -0.3 is 19.5 Å². The molecule has 4 fully saturated rings. The van der Waals surface area contributed by atoms with Crippen molar-refractivity contribution in [2.24, 2.45) is 11.8 Å². The number of pyridine rings is 2. The molecule has 3 aromatic heterocycles. The third-order valence-electron chi connectivity index (χ3n) is 11.0. The van der Waals surface area contributed by atoms with Crippen molar-refractivity contribution in [2.45, 2.75) is 108 Å². The first-order valence-corrected chi connectivity index (χ1v) is 18.3. The van der Waals surface area contributed by atoms with Gasteiger partial charge in [-0.2, -0.15) is 5.10 Å². The summed E-state index contributed by atoms with van der Waals surface area (Å²) in [5.74, 6) is 2.29. The summed E-state index contributed by atoms with van der Waals surface area (Å²) < 4.78 is 18.7. The van der Waals surface area contributed by atoms with Gasteiger partial charge in [0.25, 0.3) is 0 Å². The molecule has 0 atom stereocenters. The predicted molar refractivity (Wildman–Crippen MR) is 186 cm³/mol. The number of aryl methyl sites for hydroxylation is 1. The minimum Gasteiger partial charge on any atom is -0.495 e. The summed E-state index contributed by atoms with van der Waals surface area (Å²) in [7, 11) is 1.68. The highest BCUT2D eigenvalue weighted by molar-refractivity contribution is 5.94. The Balaban J connectivity index is 1.02. The number of nitrogens with zero attached hydrogens (tertiary/aromatic N) is 5. The molecule has 3 aliphatic carbocycles. The van der Waals surface area contributed by atoms with Crippen LogP contribution in [0.2, 0.25) is 0 Å². The number of hydrogen-bond acceptors (Lipinski definition) is 8. The van der Waals surface area contributed by atoms with E-state index in [4.69, 9.17) is 24.2 Å². The van der Waals surface area contributed by atoms with Gasteiger partial charge in [-0.1, -0.05) is 0 Å². The summed E-state index contributed by atoms with van der Waals surface area (Å²) in [5.41, 5.74) is 4.12. The lowest BCUT2D eigenvalue weighted by Gasteiger charge is -2.35.